The second kappa shape index (κ2) is 7.51. The number of rotatable bonds is 6. The molecule has 0 heterocycles. The molecule has 0 saturated heterocycles. The third-order valence-corrected chi connectivity index (χ3v) is 4.46. The zero-order valence-electron chi connectivity index (χ0n) is 12.5. The highest BCUT2D eigenvalue weighted by Crippen LogP contribution is 2.28. The maximum absolute atomic E-state index is 3.64. The quantitative estimate of drug-likeness (QED) is 0.778. The first-order valence-corrected chi connectivity index (χ1v) is 8.39. The summed E-state index contributed by atoms with van der Waals surface area (Å²) in [5, 5.41) is 3.64. The van der Waals surface area contributed by atoms with Crippen molar-refractivity contribution in [3.05, 3.63) is 65.2 Å². The third kappa shape index (κ3) is 3.65. The maximum atomic E-state index is 3.64. The van der Waals surface area contributed by atoms with Crippen LogP contribution in [-0.4, -0.2) is 12.8 Å². The number of hydrogen-bond acceptors (Lipinski definition) is 2. The Morgan fingerprint density at radius 2 is 1.75 bits per heavy atom. The molecule has 0 aliphatic rings. The molecule has 1 nitrogen and oxygen atoms in total. The molecule has 0 saturated carbocycles. The predicted molar refractivity (Wildman–Crippen MR) is 89.5 cm³/mol. The van der Waals surface area contributed by atoms with Crippen LogP contribution in [0, 0.1) is 6.92 Å². The summed E-state index contributed by atoms with van der Waals surface area (Å²) in [5.74, 6) is 0. The van der Waals surface area contributed by atoms with Crippen LogP contribution >= 0.6 is 11.8 Å². The van der Waals surface area contributed by atoms with Gasteiger partial charge in [0.25, 0.3) is 0 Å². The molecule has 0 spiro atoms. The van der Waals surface area contributed by atoms with Gasteiger partial charge in [0.2, 0.25) is 0 Å². The summed E-state index contributed by atoms with van der Waals surface area (Å²) in [5.41, 5.74) is 4.21. The highest BCUT2D eigenvalue weighted by Gasteiger charge is 2.15. The smallest absolute Gasteiger partial charge is 0.0372 e. The van der Waals surface area contributed by atoms with Gasteiger partial charge in [-0.2, -0.15) is 0 Å². The van der Waals surface area contributed by atoms with Crippen LogP contribution in [0.15, 0.2) is 53.4 Å². The average molecular weight is 285 g/mol. The van der Waals surface area contributed by atoms with Crippen molar-refractivity contribution < 1.29 is 0 Å². The lowest BCUT2D eigenvalue weighted by Gasteiger charge is -2.21. The van der Waals surface area contributed by atoms with Gasteiger partial charge in [0.15, 0.2) is 0 Å². The first kappa shape index (κ1) is 15.1. The Balaban J connectivity index is 2.29. The third-order valence-electron chi connectivity index (χ3n) is 3.65. The normalized spacial score (nSPS) is 12.3. The van der Waals surface area contributed by atoms with Gasteiger partial charge in [-0.05, 0) is 48.9 Å². The molecule has 20 heavy (non-hydrogen) atoms. The number of likely N-dealkylation sites (N-methyl/N-ethyl adjacent to an activating group) is 1. The van der Waals surface area contributed by atoms with E-state index in [9.17, 15) is 0 Å². The largest absolute Gasteiger partial charge is 0.310 e. The van der Waals surface area contributed by atoms with Crippen molar-refractivity contribution in [3.63, 3.8) is 0 Å². The Morgan fingerprint density at radius 3 is 2.45 bits per heavy atom. The Hall–Kier alpha value is -1.25. The van der Waals surface area contributed by atoms with E-state index in [1.54, 1.807) is 0 Å². The van der Waals surface area contributed by atoms with E-state index in [0.29, 0.717) is 6.04 Å². The molecule has 0 aliphatic heterocycles. The SMILES string of the molecule is CCNC(Cc1ccccc1C)c1ccccc1SC. The van der Waals surface area contributed by atoms with Gasteiger partial charge in [-0.3, -0.25) is 0 Å². The molecule has 2 heteroatoms. The molecule has 2 aromatic rings. The predicted octanol–water partition coefficient (Wildman–Crippen LogP) is 4.61. The van der Waals surface area contributed by atoms with Gasteiger partial charge in [0.05, 0.1) is 0 Å². The maximum Gasteiger partial charge on any atom is 0.0372 e. The summed E-state index contributed by atoms with van der Waals surface area (Å²) >= 11 is 1.82. The van der Waals surface area contributed by atoms with Crippen molar-refractivity contribution in [2.75, 3.05) is 12.8 Å². The van der Waals surface area contributed by atoms with Crippen LogP contribution in [0.1, 0.15) is 29.7 Å². The molecular weight excluding hydrogens is 262 g/mol. The Kier molecular flexibility index (Phi) is 5.69. The van der Waals surface area contributed by atoms with Crippen LogP contribution < -0.4 is 5.32 Å². The fourth-order valence-electron chi connectivity index (χ4n) is 2.55. The van der Waals surface area contributed by atoms with Crippen molar-refractivity contribution in [1.82, 2.24) is 5.32 Å². The van der Waals surface area contributed by atoms with Crippen molar-refractivity contribution in [2.45, 2.75) is 31.2 Å². The van der Waals surface area contributed by atoms with Gasteiger partial charge >= 0.3 is 0 Å². The number of nitrogens with one attached hydrogen (secondary N) is 1. The second-order valence-corrected chi connectivity index (χ2v) is 5.83. The van der Waals surface area contributed by atoms with Crippen LogP contribution in [0.25, 0.3) is 0 Å². The van der Waals surface area contributed by atoms with Gasteiger partial charge < -0.3 is 5.32 Å². The molecule has 106 valence electrons. The van der Waals surface area contributed by atoms with Crippen LogP contribution in [-0.2, 0) is 6.42 Å². The highest BCUT2D eigenvalue weighted by atomic mass is 32.2. The van der Waals surface area contributed by atoms with E-state index in [1.807, 2.05) is 11.8 Å². The molecule has 0 aromatic heterocycles. The summed E-state index contributed by atoms with van der Waals surface area (Å²) < 4.78 is 0. The zero-order valence-corrected chi connectivity index (χ0v) is 13.3. The van der Waals surface area contributed by atoms with Gasteiger partial charge in [0, 0.05) is 10.9 Å². The lowest BCUT2D eigenvalue weighted by Crippen LogP contribution is -2.23. The lowest BCUT2D eigenvalue weighted by atomic mass is 9.96. The van der Waals surface area contributed by atoms with E-state index < -0.39 is 0 Å². The van der Waals surface area contributed by atoms with Crippen molar-refractivity contribution >= 4 is 11.8 Å². The first-order valence-electron chi connectivity index (χ1n) is 7.17. The molecular formula is C18H23NS. The Bertz CT molecular complexity index is 551. The van der Waals surface area contributed by atoms with Gasteiger partial charge in [-0.1, -0.05) is 49.4 Å². The van der Waals surface area contributed by atoms with Crippen LogP contribution in [0.2, 0.25) is 0 Å². The molecule has 0 bridgehead atoms. The fraction of sp³-hybridized carbons (Fsp3) is 0.333. The van der Waals surface area contributed by atoms with E-state index >= 15 is 0 Å². The molecule has 2 rings (SSSR count). The summed E-state index contributed by atoms with van der Waals surface area (Å²) in [6.07, 6.45) is 3.19. The van der Waals surface area contributed by atoms with E-state index in [0.717, 1.165) is 13.0 Å². The monoisotopic (exact) mass is 285 g/mol. The average Bonchev–Trinajstić information content (AvgIpc) is 2.49. The minimum Gasteiger partial charge on any atom is -0.310 e. The molecule has 0 radical (unpaired) electrons. The molecule has 1 atom stereocenters. The van der Waals surface area contributed by atoms with Gasteiger partial charge in [0.1, 0.15) is 0 Å². The molecule has 0 fully saturated rings. The van der Waals surface area contributed by atoms with Crippen molar-refractivity contribution in [3.8, 4) is 0 Å². The number of thioether (sulfide) groups is 1. The second-order valence-electron chi connectivity index (χ2n) is 4.98. The summed E-state index contributed by atoms with van der Waals surface area (Å²) in [6.45, 7) is 5.35. The van der Waals surface area contributed by atoms with E-state index in [4.69, 9.17) is 0 Å². The Labute approximate surface area is 126 Å². The van der Waals surface area contributed by atoms with E-state index in [2.05, 4.69) is 74.0 Å². The van der Waals surface area contributed by atoms with Gasteiger partial charge in [-0.25, -0.2) is 0 Å². The zero-order chi connectivity index (χ0) is 14.4. The molecule has 1 unspecified atom stereocenters. The van der Waals surface area contributed by atoms with Crippen molar-refractivity contribution in [1.29, 1.82) is 0 Å². The Morgan fingerprint density at radius 1 is 1.05 bits per heavy atom. The van der Waals surface area contributed by atoms with Crippen molar-refractivity contribution in [2.24, 2.45) is 0 Å². The summed E-state index contributed by atoms with van der Waals surface area (Å²) in [6, 6.07) is 17.8. The molecule has 2 aromatic carbocycles. The fourth-order valence-corrected chi connectivity index (χ4v) is 3.21. The minimum atomic E-state index is 0.379. The molecule has 0 amide bonds. The van der Waals surface area contributed by atoms with E-state index in [1.165, 1.54) is 21.6 Å². The number of aryl methyl sites for hydroxylation is 1. The van der Waals surface area contributed by atoms with E-state index in [-0.39, 0.29) is 0 Å². The lowest BCUT2D eigenvalue weighted by molar-refractivity contribution is 0.541. The number of hydrogen-bond donors (Lipinski definition) is 1. The van der Waals surface area contributed by atoms with Crippen LogP contribution in [0.4, 0.5) is 0 Å². The van der Waals surface area contributed by atoms with Gasteiger partial charge in [-0.15, -0.1) is 11.8 Å². The summed E-state index contributed by atoms with van der Waals surface area (Å²) in [4.78, 5) is 1.37. The molecule has 0 aliphatic carbocycles. The van der Waals surface area contributed by atoms with Crippen LogP contribution in [0.5, 0.6) is 0 Å². The topological polar surface area (TPSA) is 12.0 Å². The summed E-state index contributed by atoms with van der Waals surface area (Å²) in [7, 11) is 0. The van der Waals surface area contributed by atoms with Crippen LogP contribution in [0.3, 0.4) is 0 Å². The minimum absolute atomic E-state index is 0.379. The first-order chi connectivity index (χ1) is 9.76. The standard InChI is InChI=1S/C18H23NS/c1-4-19-17(13-15-10-6-5-9-14(15)2)16-11-7-8-12-18(16)20-3/h5-12,17,19H,4,13H2,1-3H3. The highest BCUT2D eigenvalue weighted by molar-refractivity contribution is 7.98. The molecule has 1 N–H and O–H groups in total. The number of benzene rings is 2.